The maximum atomic E-state index is 13.5. The third kappa shape index (κ3) is 5.27. The van der Waals surface area contributed by atoms with Crippen molar-refractivity contribution in [2.75, 3.05) is 41.8 Å². The van der Waals surface area contributed by atoms with Crippen molar-refractivity contribution in [1.82, 2.24) is 15.2 Å². The zero-order chi connectivity index (χ0) is 28.7. The van der Waals surface area contributed by atoms with Crippen LogP contribution >= 0.6 is 11.3 Å². The number of morpholine rings is 1. The second-order valence-corrected chi connectivity index (χ2v) is 10.7. The molecule has 0 radical (unpaired) electrons. The summed E-state index contributed by atoms with van der Waals surface area (Å²) in [6.07, 6.45) is -4.97. The smallest absolute Gasteiger partial charge is 0.402 e. The van der Waals surface area contributed by atoms with Gasteiger partial charge < -0.3 is 24.7 Å². The van der Waals surface area contributed by atoms with Crippen molar-refractivity contribution in [1.29, 1.82) is 0 Å². The van der Waals surface area contributed by atoms with Crippen molar-refractivity contribution >= 4 is 39.7 Å². The number of hydrogen-bond donors (Lipinski definition) is 2. The zero-order valence-corrected chi connectivity index (χ0v) is 22.8. The zero-order valence-electron chi connectivity index (χ0n) is 22.0. The van der Waals surface area contributed by atoms with Crippen LogP contribution in [0, 0.1) is 13.8 Å². The monoisotopic (exact) mass is 583 g/mol. The molecule has 1 aromatic carbocycles. The lowest BCUT2D eigenvalue weighted by Gasteiger charge is -2.30. The highest BCUT2D eigenvalue weighted by Gasteiger charge is 2.34. The van der Waals surface area contributed by atoms with Gasteiger partial charge in [0.05, 0.1) is 30.2 Å². The lowest BCUT2D eigenvalue weighted by Crippen LogP contribution is -2.36. The van der Waals surface area contributed by atoms with Gasteiger partial charge in [-0.1, -0.05) is 35.4 Å². The molecule has 2 aliphatic heterocycles. The summed E-state index contributed by atoms with van der Waals surface area (Å²) in [6.45, 7) is 5.43. The standard InChI is InChI=1S/C27H24F3N7O3S/c1-14-15(2)41-25-19(14)20(16-6-4-3-5-7-16)32-22(23(38)34-25)33-26-36-35-24(40-26)21-18(37-8-10-39-11-9-37)12-17(13-31-21)27(28,29)30/h3-7,12-13,22H,8-11H2,1-2H3,(H,33,36)(H,34,38). The number of pyridine rings is 1. The molecule has 1 amide bonds. The number of aromatic nitrogens is 3. The number of halogens is 3. The van der Waals surface area contributed by atoms with E-state index < -0.39 is 23.8 Å². The van der Waals surface area contributed by atoms with Crippen LogP contribution in [0.15, 0.2) is 52.0 Å². The molecule has 6 rings (SSSR count). The molecule has 212 valence electrons. The Labute approximate surface area is 236 Å². The minimum Gasteiger partial charge on any atom is -0.402 e. The first-order valence-corrected chi connectivity index (χ1v) is 13.6. The van der Waals surface area contributed by atoms with Crippen LogP contribution in [-0.2, 0) is 15.7 Å². The minimum absolute atomic E-state index is 0.0903. The fourth-order valence-electron chi connectivity index (χ4n) is 4.66. The van der Waals surface area contributed by atoms with Gasteiger partial charge in [0.15, 0.2) is 5.69 Å². The Hall–Kier alpha value is -4.30. The highest BCUT2D eigenvalue weighted by molar-refractivity contribution is 7.17. The van der Waals surface area contributed by atoms with Crippen molar-refractivity contribution in [2.45, 2.75) is 26.2 Å². The Bertz CT molecular complexity index is 1630. The topological polar surface area (TPSA) is 118 Å². The van der Waals surface area contributed by atoms with Crippen molar-refractivity contribution in [3.05, 3.63) is 69.7 Å². The van der Waals surface area contributed by atoms with Gasteiger partial charge in [-0.3, -0.25) is 4.79 Å². The molecule has 0 aliphatic carbocycles. The van der Waals surface area contributed by atoms with E-state index in [0.717, 1.165) is 33.8 Å². The molecular weight excluding hydrogens is 559 g/mol. The number of alkyl halides is 3. The molecule has 5 heterocycles. The van der Waals surface area contributed by atoms with Gasteiger partial charge in [0, 0.05) is 35.3 Å². The number of fused-ring (bicyclic) bond motifs is 1. The van der Waals surface area contributed by atoms with Crippen LogP contribution in [0.3, 0.4) is 0 Å². The molecule has 1 saturated heterocycles. The van der Waals surface area contributed by atoms with E-state index in [-0.39, 0.29) is 23.3 Å². The fraction of sp³-hybridized carbons (Fsp3) is 0.296. The van der Waals surface area contributed by atoms with Crippen molar-refractivity contribution < 1.29 is 27.1 Å². The van der Waals surface area contributed by atoms with Crippen LogP contribution in [0.5, 0.6) is 0 Å². The normalized spacial score (nSPS) is 17.5. The number of aryl methyl sites for hydroxylation is 1. The number of rotatable bonds is 5. The van der Waals surface area contributed by atoms with Crippen molar-refractivity contribution in [2.24, 2.45) is 4.99 Å². The summed E-state index contributed by atoms with van der Waals surface area (Å²) in [7, 11) is 0. The highest BCUT2D eigenvalue weighted by atomic mass is 32.1. The molecular formula is C27H24F3N7O3S. The van der Waals surface area contributed by atoms with Crippen LogP contribution in [-0.4, -0.2) is 59.3 Å². The third-order valence-corrected chi connectivity index (χ3v) is 7.97. The molecule has 0 saturated carbocycles. The first kappa shape index (κ1) is 26.9. The number of hydrogen-bond acceptors (Lipinski definition) is 10. The molecule has 0 bridgehead atoms. The van der Waals surface area contributed by atoms with Crippen LogP contribution in [0.25, 0.3) is 11.6 Å². The van der Waals surface area contributed by atoms with E-state index in [0.29, 0.717) is 37.0 Å². The number of aliphatic imine (C=N–C) groups is 1. The molecule has 10 nitrogen and oxygen atoms in total. The maximum Gasteiger partial charge on any atom is 0.417 e. The number of benzene rings is 1. The first-order chi connectivity index (χ1) is 19.7. The molecule has 14 heteroatoms. The SMILES string of the molecule is Cc1sc2c(c1C)C(c1ccccc1)=NC(Nc1nnc(-c3ncc(C(F)(F)F)cc3N3CCOCC3)o1)C(=O)N2. The molecule has 0 spiro atoms. The van der Waals surface area contributed by atoms with E-state index >= 15 is 0 Å². The van der Waals surface area contributed by atoms with Gasteiger partial charge in [-0.15, -0.1) is 16.4 Å². The summed E-state index contributed by atoms with van der Waals surface area (Å²) in [5.41, 5.74) is 2.70. The summed E-state index contributed by atoms with van der Waals surface area (Å²) in [4.78, 5) is 24.8. The molecule has 2 N–H and O–H groups in total. The fourth-order valence-corrected chi connectivity index (χ4v) is 5.72. The number of ether oxygens (including phenoxy) is 1. The molecule has 4 aromatic rings. The van der Waals surface area contributed by atoms with Crippen LogP contribution in [0.4, 0.5) is 29.9 Å². The predicted octanol–water partition coefficient (Wildman–Crippen LogP) is 4.89. The van der Waals surface area contributed by atoms with Gasteiger partial charge in [-0.05, 0) is 25.5 Å². The second-order valence-electron chi connectivity index (χ2n) is 9.47. The van der Waals surface area contributed by atoms with Gasteiger partial charge in [0.1, 0.15) is 5.00 Å². The molecule has 41 heavy (non-hydrogen) atoms. The van der Waals surface area contributed by atoms with Crippen LogP contribution < -0.4 is 15.5 Å². The number of nitrogens with one attached hydrogen (secondary N) is 2. The summed E-state index contributed by atoms with van der Waals surface area (Å²) >= 11 is 1.47. The first-order valence-electron chi connectivity index (χ1n) is 12.7. The van der Waals surface area contributed by atoms with Crippen molar-refractivity contribution in [3.63, 3.8) is 0 Å². The number of carbonyl (C=O) groups is 1. The molecule has 1 unspecified atom stereocenters. The highest BCUT2D eigenvalue weighted by Crippen LogP contribution is 2.38. The van der Waals surface area contributed by atoms with Crippen LogP contribution in [0.2, 0.25) is 0 Å². The molecule has 1 fully saturated rings. The number of nitrogens with zero attached hydrogens (tertiary/aromatic N) is 5. The van der Waals surface area contributed by atoms with E-state index in [2.05, 4.69) is 25.8 Å². The lowest BCUT2D eigenvalue weighted by atomic mass is 10.00. The average molecular weight is 584 g/mol. The Morgan fingerprint density at radius 3 is 2.61 bits per heavy atom. The molecule has 2 aliphatic rings. The summed E-state index contributed by atoms with van der Waals surface area (Å²) in [5, 5.41) is 14.5. The number of amides is 1. The van der Waals surface area contributed by atoms with Gasteiger partial charge in [-0.25, -0.2) is 9.98 Å². The van der Waals surface area contributed by atoms with Crippen LogP contribution in [0.1, 0.15) is 27.1 Å². The Balaban J connectivity index is 1.35. The van der Waals surface area contributed by atoms with E-state index in [4.69, 9.17) is 14.1 Å². The van der Waals surface area contributed by atoms with E-state index in [1.807, 2.05) is 44.2 Å². The predicted molar refractivity (Wildman–Crippen MR) is 147 cm³/mol. The molecule has 1 atom stereocenters. The quantitative estimate of drug-likeness (QED) is 0.341. The average Bonchev–Trinajstić information content (AvgIpc) is 3.50. The lowest BCUT2D eigenvalue weighted by molar-refractivity contribution is -0.137. The maximum absolute atomic E-state index is 13.5. The van der Waals surface area contributed by atoms with Gasteiger partial charge in [0.25, 0.3) is 11.8 Å². The van der Waals surface area contributed by atoms with Gasteiger partial charge in [-0.2, -0.15) is 13.2 Å². The van der Waals surface area contributed by atoms with E-state index in [1.165, 1.54) is 11.3 Å². The number of thiophene rings is 1. The van der Waals surface area contributed by atoms with E-state index in [1.54, 1.807) is 4.90 Å². The molecule has 3 aromatic heterocycles. The van der Waals surface area contributed by atoms with E-state index in [9.17, 15) is 18.0 Å². The van der Waals surface area contributed by atoms with Crippen molar-refractivity contribution in [3.8, 4) is 11.6 Å². The number of anilines is 3. The number of carbonyl (C=O) groups excluding carboxylic acids is 1. The minimum atomic E-state index is -4.58. The Morgan fingerprint density at radius 2 is 1.88 bits per heavy atom. The summed E-state index contributed by atoms with van der Waals surface area (Å²) < 4.78 is 51.6. The second kappa shape index (κ2) is 10.6. The third-order valence-electron chi connectivity index (χ3n) is 6.85. The Kier molecular flexibility index (Phi) is 6.95. The largest absolute Gasteiger partial charge is 0.417 e. The van der Waals surface area contributed by atoms with Gasteiger partial charge in [0.2, 0.25) is 6.17 Å². The van der Waals surface area contributed by atoms with Gasteiger partial charge >= 0.3 is 12.2 Å². The summed E-state index contributed by atoms with van der Waals surface area (Å²) in [5.74, 6) is -0.533. The Morgan fingerprint density at radius 1 is 1.12 bits per heavy atom. The summed E-state index contributed by atoms with van der Waals surface area (Å²) in [6, 6.07) is 10.4.